The van der Waals surface area contributed by atoms with E-state index < -0.39 is 11.7 Å². The van der Waals surface area contributed by atoms with E-state index in [9.17, 15) is 14.0 Å². The SMILES string of the molecule is COc1ccc(OC)c(N2C[C@H](C(=O)Nc3ccc(F)c(Cl)c3)CC2=O)c1. The van der Waals surface area contributed by atoms with Gasteiger partial charge in [0.05, 0.1) is 30.8 Å². The Hall–Kier alpha value is -2.80. The van der Waals surface area contributed by atoms with Crippen molar-refractivity contribution >= 4 is 34.8 Å². The van der Waals surface area contributed by atoms with Gasteiger partial charge in [-0.25, -0.2) is 4.39 Å². The monoisotopic (exact) mass is 392 g/mol. The first kappa shape index (κ1) is 19.0. The van der Waals surface area contributed by atoms with E-state index in [4.69, 9.17) is 21.1 Å². The lowest BCUT2D eigenvalue weighted by molar-refractivity contribution is -0.122. The first-order valence-corrected chi connectivity index (χ1v) is 8.59. The van der Waals surface area contributed by atoms with Crippen LogP contribution >= 0.6 is 11.6 Å². The lowest BCUT2D eigenvalue weighted by atomic mass is 10.1. The van der Waals surface area contributed by atoms with Crippen LogP contribution in [0.4, 0.5) is 15.8 Å². The summed E-state index contributed by atoms with van der Waals surface area (Å²) in [6.45, 7) is 0.198. The minimum atomic E-state index is -0.568. The molecule has 0 spiro atoms. The number of hydrogen-bond donors (Lipinski definition) is 1. The number of carbonyl (C=O) groups excluding carboxylic acids is 2. The summed E-state index contributed by atoms with van der Waals surface area (Å²) in [7, 11) is 3.04. The smallest absolute Gasteiger partial charge is 0.229 e. The summed E-state index contributed by atoms with van der Waals surface area (Å²) in [5.74, 6) is -0.573. The van der Waals surface area contributed by atoms with Gasteiger partial charge in [-0.3, -0.25) is 9.59 Å². The molecule has 2 aromatic rings. The number of rotatable bonds is 5. The number of anilines is 2. The van der Waals surface area contributed by atoms with Crippen molar-refractivity contribution in [2.24, 2.45) is 5.92 Å². The van der Waals surface area contributed by atoms with Gasteiger partial charge in [0.2, 0.25) is 11.8 Å². The molecule has 1 aliphatic heterocycles. The van der Waals surface area contributed by atoms with Crippen LogP contribution in [0.15, 0.2) is 36.4 Å². The molecule has 0 radical (unpaired) electrons. The van der Waals surface area contributed by atoms with Crippen LogP contribution in [-0.4, -0.2) is 32.6 Å². The number of amides is 2. The molecule has 0 unspecified atom stereocenters. The summed E-state index contributed by atoms with van der Waals surface area (Å²) >= 11 is 5.73. The normalized spacial score (nSPS) is 16.4. The van der Waals surface area contributed by atoms with Crippen LogP contribution in [0, 0.1) is 11.7 Å². The zero-order valence-corrected chi connectivity index (χ0v) is 15.5. The zero-order chi connectivity index (χ0) is 19.6. The third kappa shape index (κ3) is 3.98. The van der Waals surface area contributed by atoms with Crippen molar-refractivity contribution in [1.29, 1.82) is 0 Å². The van der Waals surface area contributed by atoms with Gasteiger partial charge in [0.25, 0.3) is 0 Å². The molecule has 8 heteroatoms. The second kappa shape index (κ2) is 7.84. The number of halogens is 2. The van der Waals surface area contributed by atoms with E-state index in [0.717, 1.165) is 0 Å². The number of hydrogen-bond acceptors (Lipinski definition) is 4. The van der Waals surface area contributed by atoms with Crippen molar-refractivity contribution < 1.29 is 23.5 Å². The molecule has 6 nitrogen and oxygen atoms in total. The average Bonchev–Trinajstić information content (AvgIpc) is 3.06. The number of methoxy groups -OCH3 is 2. The van der Waals surface area contributed by atoms with E-state index in [0.29, 0.717) is 22.9 Å². The maximum atomic E-state index is 13.2. The number of nitrogens with zero attached hydrogens (tertiary/aromatic N) is 1. The summed E-state index contributed by atoms with van der Waals surface area (Å²) in [6.07, 6.45) is 0.0567. The maximum Gasteiger partial charge on any atom is 0.229 e. The minimum absolute atomic E-state index is 0.0567. The highest BCUT2D eigenvalue weighted by Gasteiger charge is 2.36. The number of benzene rings is 2. The van der Waals surface area contributed by atoms with Crippen molar-refractivity contribution in [3.05, 3.63) is 47.2 Å². The third-order valence-corrected chi connectivity index (χ3v) is 4.65. The molecule has 3 rings (SSSR count). The second-order valence-electron chi connectivity index (χ2n) is 6.06. The van der Waals surface area contributed by atoms with Gasteiger partial charge in [-0.2, -0.15) is 0 Å². The van der Waals surface area contributed by atoms with Crippen molar-refractivity contribution in [2.75, 3.05) is 31.0 Å². The summed E-state index contributed by atoms with van der Waals surface area (Å²) in [5, 5.41) is 2.59. The highest BCUT2D eigenvalue weighted by Crippen LogP contribution is 2.36. The van der Waals surface area contributed by atoms with Crippen molar-refractivity contribution in [3.8, 4) is 11.5 Å². The first-order valence-electron chi connectivity index (χ1n) is 8.21. The molecule has 0 bridgehead atoms. The largest absolute Gasteiger partial charge is 0.497 e. The van der Waals surface area contributed by atoms with Crippen LogP contribution in [0.2, 0.25) is 5.02 Å². The van der Waals surface area contributed by atoms with Gasteiger partial charge in [-0.1, -0.05) is 11.6 Å². The summed E-state index contributed by atoms with van der Waals surface area (Å²) in [5.41, 5.74) is 0.915. The van der Waals surface area contributed by atoms with Gasteiger partial charge in [-0.05, 0) is 30.3 Å². The van der Waals surface area contributed by atoms with E-state index in [2.05, 4.69) is 5.32 Å². The van der Waals surface area contributed by atoms with Crippen molar-refractivity contribution in [3.63, 3.8) is 0 Å². The van der Waals surface area contributed by atoms with Gasteiger partial charge in [0.15, 0.2) is 0 Å². The molecule has 2 aromatic carbocycles. The molecule has 1 N–H and O–H groups in total. The highest BCUT2D eigenvalue weighted by atomic mass is 35.5. The summed E-state index contributed by atoms with van der Waals surface area (Å²) in [6, 6.07) is 9.04. The Balaban J connectivity index is 1.77. The van der Waals surface area contributed by atoms with Gasteiger partial charge in [-0.15, -0.1) is 0 Å². The number of carbonyl (C=O) groups is 2. The Bertz CT molecular complexity index is 890. The maximum absolute atomic E-state index is 13.2. The summed E-state index contributed by atoms with van der Waals surface area (Å²) < 4.78 is 23.8. The predicted molar refractivity (Wildman–Crippen MR) is 100 cm³/mol. The van der Waals surface area contributed by atoms with E-state index in [1.165, 1.54) is 37.3 Å². The molecule has 1 saturated heterocycles. The molecule has 1 heterocycles. The number of ether oxygens (including phenoxy) is 2. The molecule has 0 aliphatic carbocycles. The Labute approximate surface area is 160 Å². The van der Waals surface area contributed by atoms with Crippen LogP contribution in [0.25, 0.3) is 0 Å². The molecular formula is C19H18ClFN2O4. The van der Waals surface area contributed by atoms with E-state index in [1.54, 1.807) is 18.2 Å². The van der Waals surface area contributed by atoms with Crippen LogP contribution in [0.3, 0.4) is 0 Å². The lowest BCUT2D eigenvalue weighted by Crippen LogP contribution is -2.28. The first-order chi connectivity index (χ1) is 12.9. The Morgan fingerprint density at radius 1 is 1.22 bits per heavy atom. The Morgan fingerprint density at radius 2 is 2.00 bits per heavy atom. The average molecular weight is 393 g/mol. The fraction of sp³-hybridized carbons (Fsp3) is 0.263. The van der Waals surface area contributed by atoms with Crippen molar-refractivity contribution in [2.45, 2.75) is 6.42 Å². The Morgan fingerprint density at radius 3 is 2.67 bits per heavy atom. The second-order valence-corrected chi connectivity index (χ2v) is 6.47. The molecule has 1 aliphatic rings. The van der Waals surface area contributed by atoms with Gasteiger partial charge in [0.1, 0.15) is 17.3 Å². The third-order valence-electron chi connectivity index (χ3n) is 4.36. The zero-order valence-electron chi connectivity index (χ0n) is 14.8. The molecule has 1 atom stereocenters. The molecule has 0 saturated carbocycles. The van der Waals surface area contributed by atoms with Crippen LogP contribution in [-0.2, 0) is 9.59 Å². The fourth-order valence-electron chi connectivity index (χ4n) is 2.94. The molecule has 2 amide bonds. The molecule has 0 aromatic heterocycles. The molecule has 27 heavy (non-hydrogen) atoms. The van der Waals surface area contributed by atoms with Crippen LogP contribution in [0.5, 0.6) is 11.5 Å². The highest BCUT2D eigenvalue weighted by molar-refractivity contribution is 6.31. The predicted octanol–water partition coefficient (Wildman–Crippen LogP) is 3.49. The van der Waals surface area contributed by atoms with Crippen molar-refractivity contribution in [1.82, 2.24) is 0 Å². The van der Waals surface area contributed by atoms with E-state index >= 15 is 0 Å². The van der Waals surface area contributed by atoms with E-state index in [-0.39, 0.29) is 29.8 Å². The Kier molecular flexibility index (Phi) is 5.51. The summed E-state index contributed by atoms with van der Waals surface area (Å²) in [4.78, 5) is 26.5. The molecule has 1 fully saturated rings. The lowest BCUT2D eigenvalue weighted by Gasteiger charge is -2.20. The van der Waals surface area contributed by atoms with Gasteiger partial charge < -0.3 is 19.7 Å². The molecular weight excluding hydrogens is 375 g/mol. The van der Waals surface area contributed by atoms with E-state index in [1.807, 2.05) is 0 Å². The van der Waals surface area contributed by atoms with Gasteiger partial charge >= 0.3 is 0 Å². The van der Waals surface area contributed by atoms with Crippen LogP contribution in [0.1, 0.15) is 6.42 Å². The minimum Gasteiger partial charge on any atom is -0.497 e. The standard InChI is InChI=1S/C19H18ClFN2O4/c1-26-13-4-6-17(27-2)16(9-13)23-10-11(7-18(23)24)19(25)22-12-3-5-15(21)14(20)8-12/h3-6,8-9,11H,7,10H2,1-2H3,(H,22,25)/t11-/m1/s1. The topological polar surface area (TPSA) is 67.9 Å². The fourth-order valence-corrected chi connectivity index (χ4v) is 3.12. The number of nitrogens with one attached hydrogen (secondary N) is 1. The molecule has 142 valence electrons. The van der Waals surface area contributed by atoms with Gasteiger partial charge in [0, 0.05) is 24.7 Å². The van der Waals surface area contributed by atoms with Crippen LogP contribution < -0.4 is 19.7 Å². The quantitative estimate of drug-likeness (QED) is 0.845.